The van der Waals surface area contributed by atoms with Crippen molar-refractivity contribution in [1.29, 1.82) is 0 Å². The van der Waals surface area contributed by atoms with E-state index in [4.69, 9.17) is 9.15 Å². The van der Waals surface area contributed by atoms with Crippen molar-refractivity contribution in [3.8, 4) is 10.8 Å². The monoisotopic (exact) mass is 444 g/mol. The van der Waals surface area contributed by atoms with Crippen molar-refractivity contribution >= 4 is 34.6 Å². The van der Waals surface area contributed by atoms with E-state index in [9.17, 15) is 9.59 Å². The first kappa shape index (κ1) is 20.2. The Balaban J connectivity index is 1.38. The SMILES string of the molecule is Cc1sc(-c2ccco2)nc1C(=O)OCC(=O)N1c2ccccc2CCc2ccccc21. The molecule has 0 spiro atoms. The molecule has 160 valence electrons. The Labute approximate surface area is 189 Å². The van der Waals surface area contributed by atoms with E-state index in [1.54, 1.807) is 30.2 Å². The molecule has 6 nitrogen and oxygen atoms in total. The summed E-state index contributed by atoms with van der Waals surface area (Å²) in [5.41, 5.74) is 4.02. The van der Waals surface area contributed by atoms with Crippen LogP contribution in [-0.4, -0.2) is 23.5 Å². The summed E-state index contributed by atoms with van der Waals surface area (Å²) in [6.07, 6.45) is 3.23. The molecule has 2 aromatic carbocycles. The van der Waals surface area contributed by atoms with Gasteiger partial charge in [0.1, 0.15) is 0 Å². The van der Waals surface area contributed by atoms with Crippen LogP contribution in [0, 0.1) is 6.92 Å². The number of fused-ring (bicyclic) bond motifs is 2. The van der Waals surface area contributed by atoms with Gasteiger partial charge in [0.25, 0.3) is 5.91 Å². The summed E-state index contributed by atoms with van der Waals surface area (Å²) >= 11 is 1.35. The zero-order valence-corrected chi connectivity index (χ0v) is 18.2. The van der Waals surface area contributed by atoms with Crippen LogP contribution in [0.15, 0.2) is 71.3 Å². The third-order valence-corrected chi connectivity index (χ3v) is 6.41. The van der Waals surface area contributed by atoms with Gasteiger partial charge >= 0.3 is 5.97 Å². The van der Waals surface area contributed by atoms with Crippen LogP contribution >= 0.6 is 11.3 Å². The van der Waals surface area contributed by atoms with Gasteiger partial charge in [-0.25, -0.2) is 9.78 Å². The Kier molecular flexibility index (Phi) is 5.33. The number of rotatable bonds is 4. The van der Waals surface area contributed by atoms with E-state index in [0.717, 1.165) is 35.3 Å². The second kappa shape index (κ2) is 8.43. The first-order valence-corrected chi connectivity index (χ1v) is 11.1. The number of amides is 1. The minimum absolute atomic E-state index is 0.200. The van der Waals surface area contributed by atoms with E-state index < -0.39 is 5.97 Å². The van der Waals surface area contributed by atoms with Gasteiger partial charge in [0.15, 0.2) is 23.1 Å². The zero-order valence-electron chi connectivity index (χ0n) is 17.4. The number of para-hydroxylation sites is 2. The van der Waals surface area contributed by atoms with Gasteiger partial charge in [-0.2, -0.15) is 0 Å². The molecule has 7 heteroatoms. The summed E-state index contributed by atoms with van der Waals surface area (Å²) in [6.45, 7) is 1.42. The summed E-state index contributed by atoms with van der Waals surface area (Å²) in [4.78, 5) is 32.7. The number of esters is 1. The van der Waals surface area contributed by atoms with Crippen LogP contribution in [0.5, 0.6) is 0 Å². The molecule has 1 aliphatic heterocycles. The molecule has 0 N–H and O–H groups in total. The van der Waals surface area contributed by atoms with Crippen molar-refractivity contribution in [2.45, 2.75) is 19.8 Å². The third kappa shape index (κ3) is 3.71. The lowest BCUT2D eigenvalue weighted by molar-refractivity contribution is -0.121. The molecule has 5 rings (SSSR count). The normalized spacial score (nSPS) is 12.6. The summed E-state index contributed by atoms with van der Waals surface area (Å²) < 4.78 is 10.8. The van der Waals surface area contributed by atoms with E-state index in [0.29, 0.717) is 15.6 Å². The lowest BCUT2D eigenvalue weighted by Crippen LogP contribution is -2.31. The first-order valence-electron chi connectivity index (χ1n) is 10.3. The van der Waals surface area contributed by atoms with Crippen molar-refractivity contribution in [1.82, 2.24) is 4.98 Å². The zero-order chi connectivity index (χ0) is 22.1. The van der Waals surface area contributed by atoms with Crippen LogP contribution in [0.1, 0.15) is 26.5 Å². The highest BCUT2D eigenvalue weighted by atomic mass is 32.1. The predicted molar refractivity (Wildman–Crippen MR) is 122 cm³/mol. The topological polar surface area (TPSA) is 72.6 Å². The molecule has 1 aliphatic rings. The third-order valence-electron chi connectivity index (χ3n) is 5.43. The number of benzene rings is 2. The number of hydrogen-bond donors (Lipinski definition) is 0. The maximum Gasteiger partial charge on any atom is 0.358 e. The quantitative estimate of drug-likeness (QED) is 0.398. The maximum absolute atomic E-state index is 13.3. The van der Waals surface area contributed by atoms with E-state index in [1.807, 2.05) is 48.5 Å². The van der Waals surface area contributed by atoms with Crippen LogP contribution in [-0.2, 0) is 22.4 Å². The van der Waals surface area contributed by atoms with Gasteiger partial charge < -0.3 is 9.15 Å². The molecule has 0 saturated heterocycles. The highest BCUT2D eigenvalue weighted by Gasteiger charge is 2.27. The van der Waals surface area contributed by atoms with Crippen molar-refractivity contribution in [2.75, 3.05) is 11.5 Å². The van der Waals surface area contributed by atoms with Crippen LogP contribution in [0.3, 0.4) is 0 Å². The van der Waals surface area contributed by atoms with Gasteiger partial charge in [0.2, 0.25) is 0 Å². The standard InChI is InChI=1S/C25H20N2O4S/c1-16-23(26-24(32-16)21-11-6-14-30-21)25(29)31-15-22(28)27-19-9-4-2-7-17(19)12-13-18-8-3-5-10-20(18)27/h2-11,14H,12-13,15H2,1H3. The second-order valence-corrected chi connectivity index (χ2v) is 8.67. The van der Waals surface area contributed by atoms with Gasteiger partial charge in [-0.15, -0.1) is 11.3 Å². The first-order chi connectivity index (χ1) is 15.6. The Morgan fingerprint density at radius 1 is 1.00 bits per heavy atom. The van der Waals surface area contributed by atoms with Crippen molar-refractivity contribution in [2.24, 2.45) is 0 Å². The molecule has 3 heterocycles. The minimum Gasteiger partial charge on any atom is -0.462 e. The molecule has 4 aromatic rings. The molecular weight excluding hydrogens is 424 g/mol. The lowest BCUT2D eigenvalue weighted by Gasteiger charge is -2.24. The molecule has 0 aliphatic carbocycles. The lowest BCUT2D eigenvalue weighted by atomic mass is 10.0. The van der Waals surface area contributed by atoms with Gasteiger partial charge in [0.05, 0.1) is 17.6 Å². The van der Waals surface area contributed by atoms with Gasteiger partial charge in [-0.05, 0) is 55.2 Å². The fourth-order valence-corrected chi connectivity index (χ4v) is 4.77. The second-order valence-electron chi connectivity index (χ2n) is 7.46. The molecule has 0 bridgehead atoms. The summed E-state index contributed by atoms with van der Waals surface area (Å²) in [5.74, 6) is -0.341. The van der Waals surface area contributed by atoms with Crippen LogP contribution in [0.4, 0.5) is 11.4 Å². The molecular formula is C25H20N2O4S. The maximum atomic E-state index is 13.3. The minimum atomic E-state index is -0.624. The number of anilines is 2. The number of carbonyl (C=O) groups is 2. The summed E-state index contributed by atoms with van der Waals surface area (Å²) in [6, 6.07) is 19.2. The molecule has 0 unspecified atom stereocenters. The van der Waals surface area contributed by atoms with Crippen LogP contribution in [0.2, 0.25) is 0 Å². The largest absolute Gasteiger partial charge is 0.462 e. The Morgan fingerprint density at radius 3 is 2.28 bits per heavy atom. The molecule has 0 radical (unpaired) electrons. The van der Waals surface area contributed by atoms with Crippen molar-refractivity contribution < 1.29 is 18.7 Å². The fraction of sp³-hybridized carbons (Fsp3) is 0.160. The van der Waals surface area contributed by atoms with E-state index in [2.05, 4.69) is 4.98 Å². The highest BCUT2D eigenvalue weighted by Crippen LogP contribution is 2.36. The Bertz CT molecular complexity index is 1250. The van der Waals surface area contributed by atoms with Gasteiger partial charge in [0, 0.05) is 4.88 Å². The molecule has 32 heavy (non-hydrogen) atoms. The molecule has 0 atom stereocenters. The average molecular weight is 445 g/mol. The molecule has 0 saturated carbocycles. The van der Waals surface area contributed by atoms with E-state index in [1.165, 1.54) is 11.3 Å². The van der Waals surface area contributed by atoms with Gasteiger partial charge in [-0.1, -0.05) is 36.4 Å². The highest BCUT2D eigenvalue weighted by molar-refractivity contribution is 7.15. The molecule has 2 aromatic heterocycles. The number of ether oxygens (including phenoxy) is 1. The number of aryl methyl sites for hydroxylation is 3. The van der Waals surface area contributed by atoms with Crippen molar-refractivity contribution in [3.63, 3.8) is 0 Å². The van der Waals surface area contributed by atoms with Crippen molar-refractivity contribution in [3.05, 3.63) is 88.6 Å². The predicted octanol–water partition coefficient (Wildman–Crippen LogP) is 5.33. The van der Waals surface area contributed by atoms with E-state index >= 15 is 0 Å². The average Bonchev–Trinajstić information content (AvgIpc) is 3.44. The van der Waals surface area contributed by atoms with E-state index in [-0.39, 0.29) is 18.2 Å². The molecule has 0 fully saturated rings. The fourth-order valence-electron chi connectivity index (χ4n) is 3.90. The van der Waals surface area contributed by atoms with Crippen LogP contribution in [0.25, 0.3) is 10.8 Å². The number of carbonyl (C=O) groups excluding carboxylic acids is 2. The summed E-state index contributed by atoms with van der Waals surface area (Å²) in [7, 11) is 0. The number of hydrogen-bond acceptors (Lipinski definition) is 6. The van der Waals surface area contributed by atoms with Gasteiger partial charge in [-0.3, -0.25) is 9.69 Å². The molecule has 1 amide bonds. The summed E-state index contributed by atoms with van der Waals surface area (Å²) in [5, 5.41) is 0.598. The Morgan fingerprint density at radius 2 is 1.66 bits per heavy atom. The number of thiazole rings is 1. The number of aromatic nitrogens is 1. The smallest absolute Gasteiger partial charge is 0.358 e. The number of furan rings is 1. The Hall–Kier alpha value is -3.71. The number of nitrogens with zero attached hydrogens (tertiary/aromatic N) is 2. The van der Waals surface area contributed by atoms with Crippen LogP contribution < -0.4 is 4.90 Å².